The lowest BCUT2D eigenvalue weighted by molar-refractivity contribution is -0.122. The molecule has 0 bridgehead atoms. The summed E-state index contributed by atoms with van der Waals surface area (Å²) < 4.78 is 26.3. The zero-order valence-corrected chi connectivity index (χ0v) is 11.8. The Morgan fingerprint density at radius 1 is 1.26 bits per heavy atom. The summed E-state index contributed by atoms with van der Waals surface area (Å²) in [5.74, 6) is -0.972. The van der Waals surface area contributed by atoms with Crippen molar-refractivity contribution in [3.63, 3.8) is 0 Å². The van der Waals surface area contributed by atoms with E-state index in [-0.39, 0.29) is 12.3 Å². The van der Waals surface area contributed by atoms with Crippen LogP contribution in [0.3, 0.4) is 0 Å². The molecule has 0 aliphatic carbocycles. The molecule has 0 aliphatic rings. The number of hydrogen-bond donors (Lipinski definition) is 3. The van der Waals surface area contributed by atoms with Crippen LogP contribution in [-0.4, -0.2) is 19.9 Å². The molecule has 0 aliphatic heterocycles. The first-order chi connectivity index (χ1) is 8.68. The van der Waals surface area contributed by atoms with Gasteiger partial charge in [-0.05, 0) is 25.0 Å². The molecule has 0 radical (unpaired) electrons. The topological polar surface area (TPSA) is 115 Å². The van der Waals surface area contributed by atoms with Gasteiger partial charge in [0.05, 0.1) is 5.75 Å². The first-order valence-corrected chi connectivity index (χ1v) is 7.41. The van der Waals surface area contributed by atoms with Crippen LogP contribution in [0.2, 0.25) is 0 Å². The highest BCUT2D eigenvalue weighted by molar-refractivity contribution is 7.88. The van der Waals surface area contributed by atoms with E-state index in [1.807, 2.05) is 0 Å². The molecule has 7 heteroatoms. The van der Waals surface area contributed by atoms with Crippen LogP contribution in [0.5, 0.6) is 0 Å². The van der Waals surface area contributed by atoms with Gasteiger partial charge >= 0.3 is 0 Å². The molecule has 19 heavy (non-hydrogen) atoms. The maximum Gasteiger partial charge on any atom is 0.238 e. The molecule has 0 saturated heterocycles. The summed E-state index contributed by atoms with van der Waals surface area (Å²) in [5, 5.41) is 0. The van der Waals surface area contributed by atoms with Gasteiger partial charge in [0.15, 0.2) is 0 Å². The zero-order valence-electron chi connectivity index (χ0n) is 11.0. The van der Waals surface area contributed by atoms with E-state index in [1.165, 1.54) is 13.8 Å². The zero-order chi connectivity index (χ0) is 14.7. The van der Waals surface area contributed by atoms with Crippen molar-refractivity contribution in [2.24, 2.45) is 11.5 Å². The average molecular weight is 285 g/mol. The minimum absolute atomic E-state index is 0.239. The van der Waals surface area contributed by atoms with Gasteiger partial charge in [0.2, 0.25) is 15.9 Å². The Hall–Kier alpha value is -1.44. The summed E-state index contributed by atoms with van der Waals surface area (Å²) >= 11 is 0. The van der Waals surface area contributed by atoms with Gasteiger partial charge in [0, 0.05) is 6.54 Å². The highest BCUT2D eigenvalue weighted by Crippen LogP contribution is 2.13. The van der Waals surface area contributed by atoms with Gasteiger partial charge in [-0.25, -0.2) is 8.42 Å². The van der Waals surface area contributed by atoms with Crippen LogP contribution in [-0.2, 0) is 27.1 Å². The first kappa shape index (κ1) is 15.6. The lowest BCUT2D eigenvalue weighted by Crippen LogP contribution is -2.53. The van der Waals surface area contributed by atoms with E-state index in [0.717, 1.165) is 5.56 Å². The van der Waals surface area contributed by atoms with Gasteiger partial charge in [-0.1, -0.05) is 24.3 Å². The van der Waals surface area contributed by atoms with Crippen molar-refractivity contribution in [3.8, 4) is 0 Å². The number of hydrogen-bond acceptors (Lipinski definition) is 4. The molecule has 1 aromatic rings. The van der Waals surface area contributed by atoms with E-state index in [9.17, 15) is 13.2 Å². The van der Waals surface area contributed by atoms with Crippen LogP contribution in [0, 0.1) is 0 Å². The molecule has 0 heterocycles. The number of amides is 1. The van der Waals surface area contributed by atoms with Gasteiger partial charge in [0.1, 0.15) is 5.54 Å². The van der Waals surface area contributed by atoms with E-state index < -0.39 is 21.5 Å². The lowest BCUT2D eigenvalue weighted by Gasteiger charge is -2.22. The van der Waals surface area contributed by atoms with E-state index >= 15 is 0 Å². The van der Waals surface area contributed by atoms with Crippen LogP contribution in [0.15, 0.2) is 24.3 Å². The second-order valence-corrected chi connectivity index (χ2v) is 6.55. The van der Waals surface area contributed by atoms with Crippen LogP contribution >= 0.6 is 0 Å². The lowest BCUT2D eigenvalue weighted by atomic mass is 10.1. The van der Waals surface area contributed by atoms with Crippen molar-refractivity contribution in [3.05, 3.63) is 35.4 Å². The predicted molar refractivity (Wildman–Crippen MR) is 73.4 cm³/mol. The SMILES string of the molecule is CC(C)(NS(=O)(=O)Cc1ccccc1CN)C(N)=O. The molecule has 1 amide bonds. The number of benzene rings is 1. The molecule has 6 nitrogen and oxygen atoms in total. The number of nitrogens with two attached hydrogens (primary N) is 2. The molecule has 5 N–H and O–H groups in total. The molecule has 0 fully saturated rings. The number of rotatable bonds is 6. The van der Waals surface area contributed by atoms with Crippen molar-refractivity contribution in [2.45, 2.75) is 31.7 Å². The number of carbonyl (C=O) groups is 1. The summed E-state index contributed by atoms with van der Waals surface area (Å²) in [5.41, 5.74) is 10.7. The smallest absolute Gasteiger partial charge is 0.238 e. The van der Waals surface area contributed by atoms with Crippen LogP contribution < -0.4 is 16.2 Å². The molecule has 0 unspecified atom stereocenters. The van der Waals surface area contributed by atoms with Crippen molar-refractivity contribution >= 4 is 15.9 Å². The third-order valence-corrected chi connectivity index (χ3v) is 4.22. The van der Waals surface area contributed by atoms with Gasteiger partial charge in [-0.3, -0.25) is 4.79 Å². The molecule has 1 rings (SSSR count). The van der Waals surface area contributed by atoms with E-state index in [2.05, 4.69) is 4.72 Å². The third-order valence-electron chi connectivity index (χ3n) is 2.71. The summed E-state index contributed by atoms with van der Waals surface area (Å²) in [4.78, 5) is 11.1. The maximum absolute atomic E-state index is 12.0. The highest BCUT2D eigenvalue weighted by Gasteiger charge is 2.30. The minimum atomic E-state index is -3.68. The normalized spacial score (nSPS) is 12.4. The third kappa shape index (κ3) is 4.30. The Morgan fingerprint density at radius 2 is 1.79 bits per heavy atom. The van der Waals surface area contributed by atoms with Gasteiger partial charge in [-0.15, -0.1) is 0 Å². The molecular weight excluding hydrogens is 266 g/mol. The fourth-order valence-corrected chi connectivity index (χ4v) is 3.22. The minimum Gasteiger partial charge on any atom is -0.368 e. The molecule has 0 aromatic heterocycles. The molecular formula is C12H19N3O3S. The summed E-state index contributed by atoms with van der Waals surface area (Å²) in [6.07, 6.45) is 0. The predicted octanol–water partition coefficient (Wildman–Crippen LogP) is -0.171. The Balaban J connectivity index is 2.95. The van der Waals surface area contributed by atoms with Crippen LogP contribution in [0.25, 0.3) is 0 Å². The van der Waals surface area contributed by atoms with Crippen LogP contribution in [0.1, 0.15) is 25.0 Å². The number of nitrogens with one attached hydrogen (secondary N) is 1. The van der Waals surface area contributed by atoms with Gasteiger partial charge in [-0.2, -0.15) is 4.72 Å². The summed E-state index contributed by atoms with van der Waals surface area (Å²) in [6, 6.07) is 6.99. The fourth-order valence-electron chi connectivity index (χ4n) is 1.58. The maximum atomic E-state index is 12.0. The van der Waals surface area contributed by atoms with Crippen molar-refractivity contribution in [1.29, 1.82) is 0 Å². The number of sulfonamides is 1. The number of primary amides is 1. The van der Waals surface area contributed by atoms with Crippen LogP contribution in [0.4, 0.5) is 0 Å². The Morgan fingerprint density at radius 3 is 2.26 bits per heavy atom. The summed E-state index contributed by atoms with van der Waals surface area (Å²) in [7, 11) is -3.68. The second kappa shape index (κ2) is 5.68. The Bertz CT molecular complexity index is 567. The molecule has 106 valence electrons. The second-order valence-electron chi connectivity index (χ2n) is 4.82. The Labute approximate surface area is 113 Å². The Kier molecular flexibility index (Phi) is 4.67. The standard InChI is InChI=1S/C12H19N3O3S/c1-12(2,11(14)16)15-19(17,18)8-10-6-4-3-5-9(10)7-13/h3-6,15H,7-8,13H2,1-2H3,(H2,14,16). The number of carbonyl (C=O) groups excluding carboxylic acids is 1. The average Bonchev–Trinajstić information content (AvgIpc) is 2.27. The largest absolute Gasteiger partial charge is 0.368 e. The van der Waals surface area contributed by atoms with Crippen molar-refractivity contribution < 1.29 is 13.2 Å². The monoisotopic (exact) mass is 285 g/mol. The van der Waals surface area contributed by atoms with Crippen molar-refractivity contribution in [1.82, 2.24) is 4.72 Å². The molecule has 1 aromatic carbocycles. The molecule has 0 atom stereocenters. The van der Waals surface area contributed by atoms with Gasteiger partial charge in [0.25, 0.3) is 0 Å². The van der Waals surface area contributed by atoms with E-state index in [4.69, 9.17) is 11.5 Å². The van der Waals surface area contributed by atoms with E-state index in [1.54, 1.807) is 24.3 Å². The fraction of sp³-hybridized carbons (Fsp3) is 0.417. The molecule has 0 spiro atoms. The molecule has 0 saturated carbocycles. The van der Waals surface area contributed by atoms with Gasteiger partial charge < -0.3 is 11.5 Å². The van der Waals surface area contributed by atoms with Crippen molar-refractivity contribution in [2.75, 3.05) is 0 Å². The first-order valence-electron chi connectivity index (χ1n) is 5.76. The summed E-state index contributed by atoms with van der Waals surface area (Å²) in [6.45, 7) is 3.09. The van der Waals surface area contributed by atoms with E-state index in [0.29, 0.717) is 5.56 Å². The quantitative estimate of drug-likeness (QED) is 0.673. The highest BCUT2D eigenvalue weighted by atomic mass is 32.2.